The average Bonchev–Trinajstić information content (AvgIpc) is 2.99. The van der Waals surface area contributed by atoms with E-state index in [1.54, 1.807) is 23.0 Å². The summed E-state index contributed by atoms with van der Waals surface area (Å²) in [7, 11) is 0. The maximum absolute atomic E-state index is 13.2. The zero-order valence-corrected chi connectivity index (χ0v) is 15.1. The second-order valence-corrected chi connectivity index (χ2v) is 6.95. The maximum atomic E-state index is 13.2. The molecule has 0 aliphatic carbocycles. The fourth-order valence-electron chi connectivity index (χ4n) is 3.38. The molecule has 0 spiro atoms. The minimum Gasteiger partial charge on any atom is -0.372 e. The summed E-state index contributed by atoms with van der Waals surface area (Å²) in [6.45, 7) is 9.14. The van der Waals surface area contributed by atoms with Gasteiger partial charge in [-0.1, -0.05) is 13.8 Å². The summed E-state index contributed by atoms with van der Waals surface area (Å²) in [5.74, 6) is -0.226. The fourth-order valence-corrected chi connectivity index (χ4v) is 3.38. The van der Waals surface area contributed by atoms with Gasteiger partial charge in [0.25, 0.3) is 5.91 Å². The third-order valence-corrected chi connectivity index (χ3v) is 4.36. The van der Waals surface area contributed by atoms with Crippen molar-refractivity contribution in [3.63, 3.8) is 0 Å². The van der Waals surface area contributed by atoms with Crippen LogP contribution < -0.4 is 0 Å². The van der Waals surface area contributed by atoms with E-state index in [1.165, 1.54) is 12.1 Å². The van der Waals surface area contributed by atoms with E-state index >= 15 is 0 Å². The predicted molar refractivity (Wildman–Crippen MR) is 93.5 cm³/mol. The van der Waals surface area contributed by atoms with E-state index < -0.39 is 0 Å². The van der Waals surface area contributed by atoms with Crippen molar-refractivity contribution in [2.24, 2.45) is 0 Å². The number of rotatable bonds is 3. The molecular formula is C19H24FN3O2. The highest BCUT2D eigenvalue weighted by Crippen LogP contribution is 2.25. The van der Waals surface area contributed by atoms with Gasteiger partial charge in [0.15, 0.2) is 0 Å². The molecule has 134 valence electrons. The van der Waals surface area contributed by atoms with Crippen molar-refractivity contribution in [2.75, 3.05) is 13.1 Å². The predicted octanol–water partition coefficient (Wildman–Crippen LogP) is 3.38. The Morgan fingerprint density at radius 1 is 1.20 bits per heavy atom. The molecule has 0 bridgehead atoms. The van der Waals surface area contributed by atoms with Gasteiger partial charge in [0.1, 0.15) is 5.82 Å². The summed E-state index contributed by atoms with van der Waals surface area (Å²) >= 11 is 0. The van der Waals surface area contributed by atoms with E-state index in [0.29, 0.717) is 18.7 Å². The Hall–Kier alpha value is -2.21. The molecule has 1 fully saturated rings. The largest absolute Gasteiger partial charge is 0.372 e. The van der Waals surface area contributed by atoms with Crippen molar-refractivity contribution in [1.29, 1.82) is 0 Å². The lowest BCUT2D eigenvalue weighted by Gasteiger charge is -2.35. The van der Waals surface area contributed by atoms with Gasteiger partial charge in [0.05, 0.1) is 35.3 Å². The van der Waals surface area contributed by atoms with Gasteiger partial charge in [0.2, 0.25) is 0 Å². The second kappa shape index (κ2) is 6.96. The number of hydrogen-bond donors (Lipinski definition) is 0. The first-order chi connectivity index (χ1) is 11.9. The van der Waals surface area contributed by atoms with Crippen LogP contribution in [0, 0.1) is 5.82 Å². The zero-order chi connectivity index (χ0) is 18.1. The highest BCUT2D eigenvalue weighted by molar-refractivity contribution is 5.95. The molecule has 0 N–H and O–H groups in total. The fraction of sp³-hybridized carbons (Fsp3) is 0.474. The molecule has 2 heterocycles. The van der Waals surface area contributed by atoms with Crippen LogP contribution in [0.3, 0.4) is 0 Å². The monoisotopic (exact) mass is 345 g/mol. The number of carbonyl (C=O) groups is 1. The van der Waals surface area contributed by atoms with Gasteiger partial charge >= 0.3 is 0 Å². The van der Waals surface area contributed by atoms with E-state index in [0.717, 1.165) is 11.4 Å². The smallest absolute Gasteiger partial charge is 0.257 e. The van der Waals surface area contributed by atoms with Crippen LogP contribution in [0.5, 0.6) is 0 Å². The Morgan fingerprint density at radius 2 is 1.80 bits per heavy atom. The lowest BCUT2D eigenvalue weighted by atomic mass is 10.0. The molecule has 1 aromatic heterocycles. The SMILES string of the molecule is CC1CN(C(=O)c2cnn(-c3ccc(F)cc3)c2C(C)C)CC(C)O1. The van der Waals surface area contributed by atoms with E-state index in [9.17, 15) is 9.18 Å². The Morgan fingerprint density at radius 3 is 2.36 bits per heavy atom. The Labute approximate surface area is 147 Å². The number of halogens is 1. The molecule has 5 nitrogen and oxygen atoms in total. The minimum atomic E-state index is -0.297. The zero-order valence-electron chi connectivity index (χ0n) is 15.1. The molecule has 0 saturated carbocycles. The van der Waals surface area contributed by atoms with Crippen molar-refractivity contribution in [3.05, 3.63) is 47.5 Å². The lowest BCUT2D eigenvalue weighted by Crippen LogP contribution is -2.48. The molecule has 0 radical (unpaired) electrons. The highest BCUT2D eigenvalue weighted by atomic mass is 19.1. The number of benzene rings is 1. The number of morpholine rings is 1. The summed E-state index contributed by atoms with van der Waals surface area (Å²) in [4.78, 5) is 14.9. The lowest BCUT2D eigenvalue weighted by molar-refractivity contribution is -0.0586. The van der Waals surface area contributed by atoms with Crippen molar-refractivity contribution >= 4 is 5.91 Å². The van der Waals surface area contributed by atoms with Crippen LogP contribution in [0.2, 0.25) is 0 Å². The van der Waals surface area contributed by atoms with Gasteiger partial charge in [-0.25, -0.2) is 9.07 Å². The van der Waals surface area contributed by atoms with Crippen LogP contribution >= 0.6 is 0 Å². The van der Waals surface area contributed by atoms with Gasteiger partial charge < -0.3 is 9.64 Å². The molecule has 25 heavy (non-hydrogen) atoms. The third-order valence-electron chi connectivity index (χ3n) is 4.36. The minimum absolute atomic E-state index is 0.0161. The van der Waals surface area contributed by atoms with Crippen molar-refractivity contribution in [3.8, 4) is 5.69 Å². The number of carbonyl (C=O) groups excluding carboxylic acids is 1. The van der Waals surface area contributed by atoms with Crippen LogP contribution in [0.25, 0.3) is 5.69 Å². The molecule has 2 unspecified atom stereocenters. The first-order valence-electron chi connectivity index (χ1n) is 8.65. The Balaban J connectivity index is 1.96. The van der Waals surface area contributed by atoms with Gasteiger partial charge in [-0.05, 0) is 44.0 Å². The van der Waals surface area contributed by atoms with E-state index in [4.69, 9.17) is 4.74 Å². The summed E-state index contributed by atoms with van der Waals surface area (Å²) in [6, 6.07) is 6.13. The van der Waals surface area contributed by atoms with Crippen molar-refractivity contribution in [2.45, 2.75) is 45.8 Å². The van der Waals surface area contributed by atoms with Crippen molar-refractivity contribution in [1.82, 2.24) is 14.7 Å². The van der Waals surface area contributed by atoms with Crippen LogP contribution in [0.15, 0.2) is 30.5 Å². The normalized spacial score (nSPS) is 21.0. The molecule has 1 amide bonds. The Kier molecular flexibility index (Phi) is 4.90. The summed E-state index contributed by atoms with van der Waals surface area (Å²) < 4.78 is 20.7. The first kappa shape index (κ1) is 17.6. The number of amides is 1. The Bertz CT molecular complexity index is 745. The quantitative estimate of drug-likeness (QED) is 0.857. The van der Waals surface area contributed by atoms with Crippen LogP contribution in [-0.2, 0) is 4.74 Å². The van der Waals surface area contributed by atoms with E-state index in [2.05, 4.69) is 5.10 Å². The standard InChI is InChI=1S/C19H24FN3O2/c1-12(2)18-17(19(24)22-10-13(3)25-14(4)11-22)9-21-23(18)16-7-5-15(20)6-8-16/h5-9,12-14H,10-11H2,1-4H3. The van der Waals surface area contributed by atoms with Gasteiger partial charge in [0, 0.05) is 13.1 Å². The molecule has 6 heteroatoms. The summed E-state index contributed by atoms with van der Waals surface area (Å²) in [6.07, 6.45) is 1.65. The number of ether oxygens (including phenoxy) is 1. The summed E-state index contributed by atoms with van der Waals surface area (Å²) in [5, 5.41) is 4.41. The highest BCUT2D eigenvalue weighted by Gasteiger charge is 2.30. The molecule has 1 aliphatic rings. The molecular weight excluding hydrogens is 321 g/mol. The van der Waals surface area contributed by atoms with E-state index in [-0.39, 0.29) is 29.9 Å². The average molecular weight is 345 g/mol. The molecule has 1 aromatic carbocycles. The summed E-state index contributed by atoms with van der Waals surface area (Å²) in [5.41, 5.74) is 2.18. The number of hydrogen-bond acceptors (Lipinski definition) is 3. The first-order valence-corrected chi connectivity index (χ1v) is 8.65. The van der Waals surface area contributed by atoms with Crippen LogP contribution in [0.4, 0.5) is 4.39 Å². The number of aromatic nitrogens is 2. The van der Waals surface area contributed by atoms with Gasteiger partial charge in [-0.2, -0.15) is 5.10 Å². The maximum Gasteiger partial charge on any atom is 0.257 e. The van der Waals surface area contributed by atoms with Crippen LogP contribution in [-0.4, -0.2) is 45.9 Å². The van der Waals surface area contributed by atoms with Gasteiger partial charge in [-0.3, -0.25) is 4.79 Å². The molecule has 1 aliphatic heterocycles. The molecule has 1 saturated heterocycles. The molecule has 2 aromatic rings. The third kappa shape index (κ3) is 3.58. The molecule has 2 atom stereocenters. The molecule has 3 rings (SSSR count). The van der Waals surface area contributed by atoms with E-state index in [1.807, 2.05) is 32.6 Å². The number of nitrogens with zero attached hydrogens (tertiary/aromatic N) is 3. The topological polar surface area (TPSA) is 47.4 Å². The van der Waals surface area contributed by atoms with Gasteiger partial charge in [-0.15, -0.1) is 0 Å². The van der Waals surface area contributed by atoms with Crippen molar-refractivity contribution < 1.29 is 13.9 Å². The second-order valence-electron chi connectivity index (χ2n) is 6.95. The van der Waals surface area contributed by atoms with Crippen LogP contribution in [0.1, 0.15) is 49.7 Å².